The predicted molar refractivity (Wildman–Crippen MR) is 86.9 cm³/mol. The van der Waals surface area contributed by atoms with Crippen molar-refractivity contribution in [3.63, 3.8) is 0 Å². The van der Waals surface area contributed by atoms with Crippen molar-refractivity contribution in [3.05, 3.63) is 46.8 Å². The maximum atomic E-state index is 12.5. The average molecular weight is 340 g/mol. The molecule has 1 aromatic heterocycles. The van der Waals surface area contributed by atoms with Gasteiger partial charge in [-0.2, -0.15) is 0 Å². The van der Waals surface area contributed by atoms with Gasteiger partial charge in [-0.05, 0) is 39.0 Å². The number of benzene rings is 1. The molecule has 0 unspecified atom stereocenters. The summed E-state index contributed by atoms with van der Waals surface area (Å²) in [6.45, 7) is 5.35. The molecule has 0 fully saturated rings. The smallest absolute Gasteiger partial charge is 0.420 e. The molecule has 1 aromatic carbocycles. The van der Waals surface area contributed by atoms with E-state index in [1.807, 2.05) is 0 Å². The SMILES string of the molecule is CC(C)(C)OC(=O)N(c1cccc(Cl)c1)c1cncc(Cl)n1. The zero-order valence-electron chi connectivity index (χ0n) is 12.4. The van der Waals surface area contributed by atoms with Crippen LogP contribution in [-0.2, 0) is 4.74 Å². The Balaban J connectivity index is 2.47. The zero-order chi connectivity index (χ0) is 16.3. The van der Waals surface area contributed by atoms with Crippen molar-refractivity contribution in [1.82, 2.24) is 9.97 Å². The van der Waals surface area contributed by atoms with Gasteiger partial charge in [-0.1, -0.05) is 29.3 Å². The van der Waals surface area contributed by atoms with E-state index in [4.69, 9.17) is 27.9 Å². The molecule has 0 aliphatic carbocycles. The molecule has 0 spiro atoms. The molecule has 0 bridgehead atoms. The molecule has 2 rings (SSSR count). The highest BCUT2D eigenvalue weighted by Crippen LogP contribution is 2.28. The first-order valence-electron chi connectivity index (χ1n) is 6.52. The third-order valence-corrected chi connectivity index (χ3v) is 2.88. The van der Waals surface area contributed by atoms with E-state index in [1.165, 1.54) is 17.3 Å². The molecule has 0 atom stereocenters. The minimum absolute atomic E-state index is 0.174. The van der Waals surface area contributed by atoms with Gasteiger partial charge in [-0.15, -0.1) is 0 Å². The molecule has 22 heavy (non-hydrogen) atoms. The largest absolute Gasteiger partial charge is 0.443 e. The Morgan fingerprint density at radius 1 is 1.23 bits per heavy atom. The fraction of sp³-hybridized carbons (Fsp3) is 0.267. The quantitative estimate of drug-likeness (QED) is 0.784. The van der Waals surface area contributed by atoms with Gasteiger partial charge in [0.05, 0.1) is 18.1 Å². The molecule has 0 aliphatic heterocycles. The molecule has 0 N–H and O–H groups in total. The summed E-state index contributed by atoms with van der Waals surface area (Å²) < 4.78 is 5.42. The van der Waals surface area contributed by atoms with Crippen molar-refractivity contribution >= 4 is 40.8 Å². The number of hydrogen-bond acceptors (Lipinski definition) is 4. The van der Waals surface area contributed by atoms with Gasteiger partial charge in [-0.25, -0.2) is 14.7 Å². The molecule has 7 heteroatoms. The van der Waals surface area contributed by atoms with Crippen LogP contribution >= 0.6 is 23.2 Å². The summed E-state index contributed by atoms with van der Waals surface area (Å²) >= 11 is 11.9. The topological polar surface area (TPSA) is 55.3 Å². The number of hydrogen-bond donors (Lipinski definition) is 0. The normalized spacial score (nSPS) is 11.1. The molecule has 0 aliphatic rings. The Morgan fingerprint density at radius 2 is 1.95 bits per heavy atom. The minimum Gasteiger partial charge on any atom is -0.443 e. The van der Waals surface area contributed by atoms with Crippen molar-refractivity contribution in [2.45, 2.75) is 26.4 Å². The number of aromatic nitrogens is 2. The number of carbonyl (C=O) groups is 1. The lowest BCUT2D eigenvalue weighted by Crippen LogP contribution is -2.34. The summed E-state index contributed by atoms with van der Waals surface area (Å²) in [5.41, 5.74) is -0.141. The Morgan fingerprint density at radius 3 is 2.55 bits per heavy atom. The number of ether oxygens (including phenoxy) is 1. The average Bonchev–Trinajstić information content (AvgIpc) is 2.37. The number of amides is 1. The van der Waals surface area contributed by atoms with Gasteiger partial charge in [0.25, 0.3) is 0 Å². The standard InChI is InChI=1S/C15H15Cl2N3O2/c1-15(2,3)22-14(21)20(11-6-4-5-10(16)7-11)13-9-18-8-12(17)19-13/h4-9H,1-3H3. The first-order chi connectivity index (χ1) is 10.3. The predicted octanol–water partition coefficient (Wildman–Crippen LogP) is 4.86. The van der Waals surface area contributed by atoms with Crippen molar-refractivity contribution in [1.29, 1.82) is 0 Å². The summed E-state index contributed by atoms with van der Waals surface area (Å²) in [4.78, 5) is 21.9. The number of nitrogens with zero attached hydrogens (tertiary/aromatic N) is 3. The van der Waals surface area contributed by atoms with E-state index in [9.17, 15) is 4.79 Å². The van der Waals surface area contributed by atoms with Crippen LogP contribution in [0, 0.1) is 0 Å². The minimum atomic E-state index is -0.653. The Kier molecular flexibility index (Phi) is 4.88. The second kappa shape index (κ2) is 6.50. The molecule has 0 saturated carbocycles. The lowest BCUT2D eigenvalue weighted by Gasteiger charge is -2.26. The number of halogens is 2. The fourth-order valence-corrected chi connectivity index (χ4v) is 2.02. The molecule has 116 valence electrons. The van der Waals surface area contributed by atoms with Gasteiger partial charge < -0.3 is 4.74 Å². The third kappa shape index (κ3) is 4.32. The maximum Gasteiger partial charge on any atom is 0.420 e. The Labute approximate surface area is 138 Å². The molecule has 1 amide bonds. The second-order valence-corrected chi connectivity index (χ2v) is 6.32. The number of anilines is 2. The van der Waals surface area contributed by atoms with Crippen LogP contribution in [0.25, 0.3) is 0 Å². The Bertz CT molecular complexity index is 641. The van der Waals surface area contributed by atoms with Gasteiger partial charge in [0, 0.05) is 5.02 Å². The van der Waals surface area contributed by atoms with Crippen LogP contribution in [0.5, 0.6) is 0 Å². The molecule has 5 nitrogen and oxygen atoms in total. The second-order valence-electron chi connectivity index (χ2n) is 5.50. The van der Waals surface area contributed by atoms with Gasteiger partial charge in [-0.3, -0.25) is 4.98 Å². The highest BCUT2D eigenvalue weighted by Gasteiger charge is 2.26. The molecule has 1 heterocycles. The summed E-state index contributed by atoms with van der Waals surface area (Å²) in [5, 5.41) is 0.661. The van der Waals surface area contributed by atoms with E-state index in [0.717, 1.165) is 0 Å². The van der Waals surface area contributed by atoms with Crippen molar-refractivity contribution in [2.75, 3.05) is 4.90 Å². The van der Waals surface area contributed by atoms with Gasteiger partial charge in [0.1, 0.15) is 10.8 Å². The van der Waals surface area contributed by atoms with Crippen LogP contribution < -0.4 is 4.90 Å². The van der Waals surface area contributed by atoms with Crippen LogP contribution in [0.2, 0.25) is 10.2 Å². The fourth-order valence-electron chi connectivity index (χ4n) is 1.69. The molecule has 0 radical (unpaired) electrons. The van der Waals surface area contributed by atoms with E-state index < -0.39 is 11.7 Å². The lowest BCUT2D eigenvalue weighted by atomic mass is 10.2. The first-order valence-corrected chi connectivity index (χ1v) is 7.28. The van der Waals surface area contributed by atoms with Crippen LogP contribution in [0.4, 0.5) is 16.3 Å². The van der Waals surface area contributed by atoms with E-state index in [-0.39, 0.29) is 11.0 Å². The summed E-state index contributed by atoms with van der Waals surface area (Å²) in [7, 11) is 0. The van der Waals surface area contributed by atoms with Gasteiger partial charge in [0.15, 0.2) is 5.82 Å². The molecule has 0 saturated heterocycles. The van der Waals surface area contributed by atoms with E-state index >= 15 is 0 Å². The van der Waals surface area contributed by atoms with Crippen LogP contribution in [-0.4, -0.2) is 21.7 Å². The van der Waals surface area contributed by atoms with Crippen molar-refractivity contribution in [3.8, 4) is 0 Å². The van der Waals surface area contributed by atoms with Gasteiger partial charge in [0.2, 0.25) is 0 Å². The highest BCUT2D eigenvalue weighted by atomic mass is 35.5. The van der Waals surface area contributed by atoms with Gasteiger partial charge >= 0.3 is 6.09 Å². The van der Waals surface area contributed by atoms with E-state index in [1.54, 1.807) is 45.0 Å². The van der Waals surface area contributed by atoms with Crippen LogP contribution in [0.15, 0.2) is 36.7 Å². The lowest BCUT2D eigenvalue weighted by molar-refractivity contribution is 0.0598. The van der Waals surface area contributed by atoms with Crippen molar-refractivity contribution < 1.29 is 9.53 Å². The Hall–Kier alpha value is -1.85. The third-order valence-electron chi connectivity index (χ3n) is 2.46. The summed E-state index contributed by atoms with van der Waals surface area (Å²) in [6, 6.07) is 6.79. The van der Waals surface area contributed by atoms with E-state index in [2.05, 4.69) is 9.97 Å². The summed E-state index contributed by atoms with van der Waals surface area (Å²) in [6.07, 6.45) is 2.22. The number of carbonyl (C=O) groups excluding carboxylic acids is 1. The number of rotatable bonds is 2. The molecular weight excluding hydrogens is 325 g/mol. The summed E-state index contributed by atoms with van der Waals surface area (Å²) in [5.74, 6) is 0.254. The molecule has 2 aromatic rings. The maximum absolute atomic E-state index is 12.5. The first kappa shape index (κ1) is 16.5. The molecular formula is C15H15Cl2N3O2. The monoisotopic (exact) mass is 339 g/mol. The van der Waals surface area contributed by atoms with Crippen molar-refractivity contribution in [2.24, 2.45) is 0 Å². The van der Waals surface area contributed by atoms with Crippen LogP contribution in [0.3, 0.4) is 0 Å². The van der Waals surface area contributed by atoms with Crippen LogP contribution in [0.1, 0.15) is 20.8 Å². The highest BCUT2D eigenvalue weighted by molar-refractivity contribution is 6.31. The van der Waals surface area contributed by atoms with E-state index in [0.29, 0.717) is 10.7 Å². The zero-order valence-corrected chi connectivity index (χ0v) is 13.9.